The van der Waals surface area contributed by atoms with Gasteiger partial charge in [-0.1, -0.05) is 289 Å². The highest BCUT2D eigenvalue weighted by Crippen LogP contribution is 2.18. The number of carbonyl (C=O) groups excluding carboxylic acids is 1. The highest BCUT2D eigenvalue weighted by Gasteiger charge is 2.03. The van der Waals surface area contributed by atoms with E-state index in [0.717, 1.165) is 25.7 Å². The van der Waals surface area contributed by atoms with Gasteiger partial charge in [0.05, 0.1) is 6.61 Å². The number of carbonyl (C=O) groups is 2. The van der Waals surface area contributed by atoms with Crippen molar-refractivity contribution in [3.05, 3.63) is 12.2 Å². The Hall–Kier alpha value is -1.32. The van der Waals surface area contributed by atoms with E-state index in [0.29, 0.717) is 19.4 Å². The van der Waals surface area contributed by atoms with E-state index in [1.165, 1.54) is 289 Å². The summed E-state index contributed by atoms with van der Waals surface area (Å²) in [5.74, 6) is -0.628. The molecule has 0 saturated carbocycles. The first-order chi connectivity index (χ1) is 30.2. The highest BCUT2D eigenvalue weighted by molar-refractivity contribution is 5.69. The number of esters is 1. The van der Waals surface area contributed by atoms with Crippen molar-refractivity contribution < 1.29 is 19.4 Å². The fourth-order valence-corrected chi connectivity index (χ4v) is 8.99. The van der Waals surface area contributed by atoms with Crippen molar-refractivity contribution in [1.82, 2.24) is 0 Å². The van der Waals surface area contributed by atoms with Crippen molar-refractivity contribution >= 4 is 11.9 Å². The van der Waals surface area contributed by atoms with Crippen LogP contribution in [0.25, 0.3) is 0 Å². The minimum atomic E-state index is -0.651. The Morgan fingerprint density at radius 3 is 0.820 bits per heavy atom. The average molecular weight is 860 g/mol. The van der Waals surface area contributed by atoms with Crippen LogP contribution in [0.2, 0.25) is 0 Å². The maximum Gasteiger partial charge on any atom is 0.305 e. The second-order valence-electron chi connectivity index (χ2n) is 19.4. The lowest BCUT2D eigenvalue weighted by Crippen LogP contribution is -2.05. The number of ether oxygens (including phenoxy) is 1. The summed E-state index contributed by atoms with van der Waals surface area (Å²) in [4.78, 5) is 22.6. The monoisotopic (exact) mass is 859 g/mol. The lowest BCUT2D eigenvalue weighted by Gasteiger charge is -2.06. The maximum atomic E-state index is 12.1. The first kappa shape index (κ1) is 59.7. The number of hydrogen-bond donors (Lipinski definition) is 1. The normalized spacial score (nSPS) is 11.6. The van der Waals surface area contributed by atoms with Crippen molar-refractivity contribution in [2.45, 2.75) is 334 Å². The SMILES string of the molecule is CCCCCCCCC=CCCCCCCCCCCCC(=O)OCCCCCCCCCCCCCCCCCCCCCCCCCCCCCCCCCCC(=O)O. The Bertz CT molecular complexity index is 867. The quantitative estimate of drug-likeness (QED) is 0.0376. The molecule has 362 valence electrons. The molecule has 0 aromatic heterocycles. The fraction of sp³-hybridized carbons (Fsp3) is 0.930. The van der Waals surface area contributed by atoms with Crippen molar-refractivity contribution in [2.24, 2.45) is 0 Å². The maximum absolute atomic E-state index is 12.1. The Morgan fingerprint density at radius 1 is 0.311 bits per heavy atom. The first-order valence-electron chi connectivity index (χ1n) is 28.2. The zero-order valence-electron chi connectivity index (χ0n) is 41.6. The van der Waals surface area contributed by atoms with Crippen molar-refractivity contribution in [3.63, 3.8) is 0 Å². The molecule has 4 nitrogen and oxygen atoms in total. The smallest absolute Gasteiger partial charge is 0.305 e. The second kappa shape index (κ2) is 54.8. The Labute approximate surface area is 383 Å². The van der Waals surface area contributed by atoms with Gasteiger partial charge in [-0.25, -0.2) is 0 Å². The van der Waals surface area contributed by atoms with Crippen LogP contribution in [0.15, 0.2) is 12.2 Å². The average Bonchev–Trinajstić information content (AvgIpc) is 3.25. The minimum absolute atomic E-state index is 0.0231. The van der Waals surface area contributed by atoms with E-state index in [4.69, 9.17) is 9.84 Å². The summed E-state index contributed by atoms with van der Waals surface area (Å²) in [6, 6.07) is 0. The van der Waals surface area contributed by atoms with Gasteiger partial charge in [0.15, 0.2) is 0 Å². The predicted molar refractivity (Wildman–Crippen MR) is 269 cm³/mol. The van der Waals surface area contributed by atoms with Crippen LogP contribution in [0.5, 0.6) is 0 Å². The Kier molecular flexibility index (Phi) is 53.6. The number of rotatable bonds is 54. The summed E-state index contributed by atoms with van der Waals surface area (Å²) in [6.07, 6.45) is 71.8. The molecule has 0 fully saturated rings. The van der Waals surface area contributed by atoms with Crippen LogP contribution < -0.4 is 0 Å². The molecule has 0 bridgehead atoms. The lowest BCUT2D eigenvalue weighted by atomic mass is 10.0. The van der Waals surface area contributed by atoms with E-state index in [1.54, 1.807) is 0 Å². The molecule has 0 aliphatic carbocycles. The third kappa shape index (κ3) is 56.7. The number of allylic oxidation sites excluding steroid dienone is 2. The summed E-state index contributed by atoms with van der Waals surface area (Å²) in [7, 11) is 0. The first-order valence-corrected chi connectivity index (χ1v) is 28.2. The molecule has 0 saturated heterocycles. The summed E-state index contributed by atoms with van der Waals surface area (Å²) in [6.45, 7) is 2.91. The number of carboxylic acids is 1. The molecule has 0 unspecified atom stereocenters. The minimum Gasteiger partial charge on any atom is -0.481 e. The zero-order chi connectivity index (χ0) is 44.0. The molecule has 0 spiro atoms. The molecular formula is C57H110O4. The van der Waals surface area contributed by atoms with Gasteiger partial charge in [0.2, 0.25) is 0 Å². The van der Waals surface area contributed by atoms with Gasteiger partial charge >= 0.3 is 11.9 Å². The van der Waals surface area contributed by atoms with Crippen LogP contribution in [-0.4, -0.2) is 23.7 Å². The van der Waals surface area contributed by atoms with Gasteiger partial charge in [-0.05, 0) is 44.9 Å². The summed E-state index contributed by atoms with van der Waals surface area (Å²) in [5, 5.41) is 8.67. The molecule has 1 N–H and O–H groups in total. The van der Waals surface area contributed by atoms with Gasteiger partial charge in [-0.3, -0.25) is 9.59 Å². The molecule has 0 aromatic carbocycles. The molecule has 0 amide bonds. The van der Waals surface area contributed by atoms with E-state index in [9.17, 15) is 9.59 Å². The van der Waals surface area contributed by atoms with E-state index in [-0.39, 0.29) is 5.97 Å². The van der Waals surface area contributed by atoms with Crippen molar-refractivity contribution in [3.8, 4) is 0 Å². The summed E-state index contributed by atoms with van der Waals surface area (Å²) >= 11 is 0. The van der Waals surface area contributed by atoms with Gasteiger partial charge in [0.1, 0.15) is 0 Å². The molecule has 0 aromatic rings. The van der Waals surface area contributed by atoms with Gasteiger partial charge in [-0.15, -0.1) is 0 Å². The third-order valence-corrected chi connectivity index (χ3v) is 13.2. The standard InChI is InChI=1S/C57H110O4/c1-2-3-4-5-6-7-8-9-10-11-26-30-33-36-39-42-45-48-51-54-57(60)61-55-52-49-46-43-40-37-34-31-28-25-23-21-19-17-15-13-12-14-16-18-20-22-24-27-29-32-35-38-41-44-47-50-53-56(58)59/h9-10H,2-8,11-55H2,1H3,(H,58,59). The number of hydrogen-bond acceptors (Lipinski definition) is 3. The number of aliphatic carboxylic acids is 1. The van der Waals surface area contributed by atoms with Crippen LogP contribution in [0, 0.1) is 0 Å². The summed E-state index contributed by atoms with van der Waals surface area (Å²) in [5.41, 5.74) is 0. The number of carboxylic acid groups (broad SMARTS) is 1. The van der Waals surface area contributed by atoms with Crippen molar-refractivity contribution in [1.29, 1.82) is 0 Å². The molecule has 0 atom stereocenters. The third-order valence-electron chi connectivity index (χ3n) is 13.2. The van der Waals surface area contributed by atoms with Gasteiger partial charge in [-0.2, -0.15) is 0 Å². The van der Waals surface area contributed by atoms with Gasteiger partial charge in [0, 0.05) is 12.8 Å². The Balaban J connectivity index is 3.15. The van der Waals surface area contributed by atoms with Gasteiger partial charge in [0.25, 0.3) is 0 Å². The van der Waals surface area contributed by atoms with Crippen LogP contribution in [0.4, 0.5) is 0 Å². The van der Waals surface area contributed by atoms with Gasteiger partial charge < -0.3 is 9.84 Å². The molecule has 0 rings (SSSR count). The van der Waals surface area contributed by atoms with E-state index >= 15 is 0 Å². The van der Waals surface area contributed by atoms with Crippen LogP contribution in [0.1, 0.15) is 334 Å². The van der Waals surface area contributed by atoms with Crippen LogP contribution in [0.3, 0.4) is 0 Å². The van der Waals surface area contributed by atoms with Crippen LogP contribution in [-0.2, 0) is 14.3 Å². The molecule has 0 radical (unpaired) electrons. The topological polar surface area (TPSA) is 63.6 Å². The predicted octanol–water partition coefficient (Wildman–Crippen LogP) is 20.1. The van der Waals surface area contributed by atoms with E-state index in [2.05, 4.69) is 19.1 Å². The molecule has 0 aliphatic heterocycles. The van der Waals surface area contributed by atoms with E-state index in [1.807, 2.05) is 0 Å². The largest absolute Gasteiger partial charge is 0.481 e. The highest BCUT2D eigenvalue weighted by atomic mass is 16.5. The number of unbranched alkanes of at least 4 members (excludes halogenated alkanes) is 46. The molecule has 0 aliphatic rings. The van der Waals surface area contributed by atoms with Crippen molar-refractivity contribution in [2.75, 3.05) is 6.61 Å². The molecular weight excluding hydrogens is 749 g/mol. The van der Waals surface area contributed by atoms with Crippen LogP contribution >= 0.6 is 0 Å². The molecule has 61 heavy (non-hydrogen) atoms. The zero-order valence-corrected chi connectivity index (χ0v) is 41.6. The molecule has 0 heterocycles. The second-order valence-corrected chi connectivity index (χ2v) is 19.4. The summed E-state index contributed by atoms with van der Waals surface area (Å²) < 4.78 is 5.50. The lowest BCUT2D eigenvalue weighted by molar-refractivity contribution is -0.144. The molecule has 4 heteroatoms. The fourth-order valence-electron chi connectivity index (χ4n) is 8.99. The van der Waals surface area contributed by atoms with E-state index < -0.39 is 5.97 Å². The Morgan fingerprint density at radius 2 is 0.541 bits per heavy atom.